The molecular formula is C15H19ClN2OS. The summed E-state index contributed by atoms with van der Waals surface area (Å²) in [5.41, 5.74) is 1.85. The number of carbonyl (C=O) groups is 1. The van der Waals surface area contributed by atoms with E-state index in [-0.39, 0.29) is 11.9 Å². The summed E-state index contributed by atoms with van der Waals surface area (Å²) < 4.78 is 0. The van der Waals surface area contributed by atoms with Crippen molar-refractivity contribution in [1.29, 1.82) is 0 Å². The van der Waals surface area contributed by atoms with E-state index >= 15 is 0 Å². The van der Waals surface area contributed by atoms with Crippen molar-refractivity contribution in [2.75, 3.05) is 18.1 Å². The van der Waals surface area contributed by atoms with Crippen molar-refractivity contribution in [2.45, 2.75) is 36.6 Å². The van der Waals surface area contributed by atoms with Gasteiger partial charge in [0, 0.05) is 21.9 Å². The number of rotatable bonds is 4. The minimum Gasteiger partial charge on any atom is -0.324 e. The largest absolute Gasteiger partial charge is 0.324 e. The second-order valence-corrected chi connectivity index (χ2v) is 7.01. The zero-order valence-corrected chi connectivity index (χ0v) is 13.1. The molecule has 1 unspecified atom stereocenters. The first-order valence-electron chi connectivity index (χ1n) is 7.13. The predicted octanol–water partition coefficient (Wildman–Crippen LogP) is 3.83. The molecule has 1 amide bonds. The van der Waals surface area contributed by atoms with Crippen LogP contribution in [0.5, 0.6) is 0 Å². The lowest BCUT2D eigenvalue weighted by atomic mass is 10.1. The highest BCUT2D eigenvalue weighted by Crippen LogP contribution is 2.40. The van der Waals surface area contributed by atoms with Crippen LogP contribution in [0.2, 0.25) is 5.02 Å². The Hall–Kier alpha value is -0.710. The molecule has 2 aliphatic rings. The van der Waals surface area contributed by atoms with Crippen LogP contribution >= 0.6 is 23.4 Å². The van der Waals surface area contributed by atoms with Gasteiger partial charge in [-0.2, -0.15) is 0 Å². The van der Waals surface area contributed by atoms with Gasteiger partial charge in [-0.05, 0) is 37.9 Å². The quantitative estimate of drug-likeness (QED) is 0.830. The number of thioether (sulfide) groups is 1. The van der Waals surface area contributed by atoms with Gasteiger partial charge in [0.05, 0.1) is 5.02 Å². The standard InChI is InChI=1S/C15H19ClN2OS/c1-17-14-10-6-11(16)13(7-12(10)18-15(14)19)20-8-9-4-2-3-5-9/h6-7,9,14,17H,2-5,8H2,1H3,(H,18,19). The summed E-state index contributed by atoms with van der Waals surface area (Å²) >= 11 is 8.19. The van der Waals surface area contributed by atoms with Crippen LogP contribution in [0.15, 0.2) is 17.0 Å². The fourth-order valence-electron chi connectivity index (χ4n) is 3.04. The van der Waals surface area contributed by atoms with Crippen molar-refractivity contribution in [3.8, 4) is 0 Å². The number of likely N-dealkylation sites (N-methyl/N-ethyl adjacent to an activating group) is 1. The van der Waals surface area contributed by atoms with Crippen LogP contribution in [-0.2, 0) is 4.79 Å². The number of amides is 1. The van der Waals surface area contributed by atoms with Gasteiger partial charge in [0.25, 0.3) is 0 Å². The highest BCUT2D eigenvalue weighted by molar-refractivity contribution is 7.99. The van der Waals surface area contributed by atoms with E-state index in [2.05, 4.69) is 10.6 Å². The molecule has 1 aliphatic carbocycles. The maximum Gasteiger partial charge on any atom is 0.246 e. The summed E-state index contributed by atoms with van der Waals surface area (Å²) in [6.07, 6.45) is 5.41. The summed E-state index contributed by atoms with van der Waals surface area (Å²) in [6.45, 7) is 0. The molecule has 0 radical (unpaired) electrons. The van der Waals surface area contributed by atoms with E-state index in [1.165, 1.54) is 25.7 Å². The molecule has 108 valence electrons. The average Bonchev–Trinajstić information content (AvgIpc) is 3.03. The van der Waals surface area contributed by atoms with Crippen molar-refractivity contribution in [3.63, 3.8) is 0 Å². The van der Waals surface area contributed by atoms with Crippen molar-refractivity contribution >= 4 is 35.0 Å². The molecule has 3 nitrogen and oxygen atoms in total. The minimum absolute atomic E-state index is 0.00323. The van der Waals surface area contributed by atoms with Crippen LogP contribution in [0.25, 0.3) is 0 Å². The predicted molar refractivity (Wildman–Crippen MR) is 84.6 cm³/mol. The number of anilines is 1. The molecule has 1 fully saturated rings. The second-order valence-electron chi connectivity index (χ2n) is 5.54. The van der Waals surface area contributed by atoms with Gasteiger partial charge in [0.2, 0.25) is 5.91 Å². The molecule has 0 spiro atoms. The zero-order chi connectivity index (χ0) is 14.1. The lowest BCUT2D eigenvalue weighted by Crippen LogP contribution is -2.23. The molecule has 1 atom stereocenters. The molecule has 0 bridgehead atoms. The van der Waals surface area contributed by atoms with Crippen LogP contribution in [0, 0.1) is 5.92 Å². The van der Waals surface area contributed by atoms with E-state index in [1.807, 2.05) is 23.9 Å². The van der Waals surface area contributed by atoms with Gasteiger partial charge in [0.1, 0.15) is 6.04 Å². The van der Waals surface area contributed by atoms with E-state index in [4.69, 9.17) is 11.6 Å². The van der Waals surface area contributed by atoms with Crippen molar-refractivity contribution in [1.82, 2.24) is 5.32 Å². The third-order valence-corrected chi connectivity index (χ3v) is 5.88. The smallest absolute Gasteiger partial charge is 0.246 e. The third kappa shape index (κ3) is 2.69. The molecule has 0 saturated heterocycles. The summed E-state index contributed by atoms with van der Waals surface area (Å²) in [4.78, 5) is 12.9. The summed E-state index contributed by atoms with van der Waals surface area (Å²) in [7, 11) is 1.79. The molecule has 1 aromatic rings. The monoisotopic (exact) mass is 310 g/mol. The first kappa shape index (κ1) is 14.2. The van der Waals surface area contributed by atoms with Crippen LogP contribution in [0.4, 0.5) is 5.69 Å². The number of halogens is 1. The maximum atomic E-state index is 11.8. The molecule has 2 N–H and O–H groups in total. The Morgan fingerprint density at radius 3 is 2.85 bits per heavy atom. The molecular weight excluding hydrogens is 292 g/mol. The van der Waals surface area contributed by atoms with Gasteiger partial charge in [-0.15, -0.1) is 11.8 Å². The van der Waals surface area contributed by atoms with Crippen molar-refractivity contribution in [3.05, 3.63) is 22.7 Å². The Morgan fingerprint density at radius 2 is 2.15 bits per heavy atom. The Balaban J connectivity index is 1.76. The summed E-state index contributed by atoms with van der Waals surface area (Å²) in [5, 5.41) is 6.69. The van der Waals surface area contributed by atoms with E-state index in [0.717, 1.165) is 32.8 Å². The first-order chi connectivity index (χ1) is 9.69. The van der Waals surface area contributed by atoms with Crippen molar-refractivity contribution < 1.29 is 4.79 Å². The highest BCUT2D eigenvalue weighted by Gasteiger charge is 2.30. The van der Waals surface area contributed by atoms with Gasteiger partial charge in [-0.25, -0.2) is 0 Å². The number of nitrogens with one attached hydrogen (secondary N) is 2. The molecule has 1 saturated carbocycles. The van der Waals surface area contributed by atoms with E-state index < -0.39 is 0 Å². The maximum absolute atomic E-state index is 11.8. The molecule has 1 aliphatic heterocycles. The molecule has 3 rings (SSSR count). The van der Waals surface area contributed by atoms with Crippen LogP contribution < -0.4 is 10.6 Å². The van der Waals surface area contributed by atoms with Gasteiger partial charge in [-0.3, -0.25) is 4.79 Å². The Morgan fingerprint density at radius 1 is 1.40 bits per heavy atom. The second kappa shape index (κ2) is 5.96. The highest BCUT2D eigenvalue weighted by atomic mass is 35.5. The Bertz CT molecular complexity index is 529. The van der Waals surface area contributed by atoms with Crippen LogP contribution in [0.3, 0.4) is 0 Å². The molecule has 5 heteroatoms. The molecule has 1 aromatic carbocycles. The zero-order valence-electron chi connectivity index (χ0n) is 11.5. The van der Waals surface area contributed by atoms with Gasteiger partial charge < -0.3 is 10.6 Å². The average molecular weight is 311 g/mol. The third-order valence-electron chi connectivity index (χ3n) is 4.17. The van der Waals surface area contributed by atoms with Crippen molar-refractivity contribution in [2.24, 2.45) is 5.92 Å². The summed E-state index contributed by atoms with van der Waals surface area (Å²) in [6, 6.07) is 3.66. The van der Waals surface area contributed by atoms with E-state index in [0.29, 0.717) is 0 Å². The number of carbonyl (C=O) groups excluding carboxylic acids is 1. The van der Waals surface area contributed by atoms with Gasteiger partial charge >= 0.3 is 0 Å². The Kier molecular flexibility index (Phi) is 4.24. The number of hydrogen-bond donors (Lipinski definition) is 2. The number of benzene rings is 1. The Labute approximate surface area is 128 Å². The fraction of sp³-hybridized carbons (Fsp3) is 0.533. The normalized spacial score (nSPS) is 22.1. The van der Waals surface area contributed by atoms with Gasteiger partial charge in [-0.1, -0.05) is 24.4 Å². The molecule has 0 aromatic heterocycles. The lowest BCUT2D eigenvalue weighted by Gasteiger charge is -2.12. The van der Waals surface area contributed by atoms with Gasteiger partial charge in [0.15, 0.2) is 0 Å². The minimum atomic E-state index is -0.281. The number of fused-ring (bicyclic) bond motifs is 1. The first-order valence-corrected chi connectivity index (χ1v) is 8.49. The van der Waals surface area contributed by atoms with Crippen LogP contribution in [-0.4, -0.2) is 18.7 Å². The van der Waals surface area contributed by atoms with Crippen LogP contribution in [0.1, 0.15) is 37.3 Å². The summed E-state index contributed by atoms with van der Waals surface area (Å²) in [5.74, 6) is 1.95. The SMILES string of the molecule is CNC1C(=O)Nc2cc(SCC3CCCC3)c(Cl)cc21. The fourth-order valence-corrected chi connectivity index (χ4v) is 4.53. The van der Waals surface area contributed by atoms with E-state index in [1.54, 1.807) is 7.05 Å². The molecule has 20 heavy (non-hydrogen) atoms. The number of hydrogen-bond acceptors (Lipinski definition) is 3. The topological polar surface area (TPSA) is 41.1 Å². The molecule has 1 heterocycles. The lowest BCUT2D eigenvalue weighted by molar-refractivity contribution is -0.117. The van der Waals surface area contributed by atoms with E-state index in [9.17, 15) is 4.79 Å².